The smallest absolute Gasteiger partial charge is 0.163 e. The minimum absolute atomic E-state index is 0.232. The van der Waals surface area contributed by atoms with E-state index in [9.17, 15) is 8.78 Å². The molecule has 0 saturated carbocycles. The molecule has 5 nitrogen and oxygen atoms in total. The second kappa shape index (κ2) is 5.87. The maximum Gasteiger partial charge on any atom is 0.163 e. The summed E-state index contributed by atoms with van der Waals surface area (Å²) in [5.41, 5.74) is 6.22. The van der Waals surface area contributed by atoms with E-state index in [1.807, 2.05) is 4.57 Å². The number of hydrogen-bond donors (Lipinski definition) is 1. The highest BCUT2D eigenvalue weighted by Crippen LogP contribution is 2.21. The Balaban J connectivity index is 1.59. The highest BCUT2D eigenvalue weighted by Gasteiger charge is 2.19. The van der Waals surface area contributed by atoms with Gasteiger partial charge in [-0.3, -0.25) is 4.90 Å². The van der Waals surface area contributed by atoms with Crippen LogP contribution in [-0.2, 0) is 13.1 Å². The summed E-state index contributed by atoms with van der Waals surface area (Å²) in [6, 6.07) is 3.61. The van der Waals surface area contributed by atoms with Crippen LogP contribution in [0.5, 0.6) is 0 Å². The fraction of sp³-hybridized carbons (Fsp3) is 0.429. The van der Waals surface area contributed by atoms with E-state index in [-0.39, 0.29) is 5.56 Å². The Hall–Kier alpha value is -1.86. The van der Waals surface area contributed by atoms with Crippen molar-refractivity contribution >= 4 is 0 Å². The van der Waals surface area contributed by atoms with Gasteiger partial charge in [-0.1, -0.05) is 12.1 Å². The molecular formula is C14H17F2N5. The van der Waals surface area contributed by atoms with Crippen molar-refractivity contribution in [2.45, 2.75) is 25.6 Å². The summed E-state index contributed by atoms with van der Waals surface area (Å²) in [5, 5.41) is 7.92. The van der Waals surface area contributed by atoms with Gasteiger partial charge in [0.2, 0.25) is 0 Å². The lowest BCUT2D eigenvalue weighted by molar-refractivity contribution is 0.209. The highest BCUT2D eigenvalue weighted by molar-refractivity contribution is 5.22. The van der Waals surface area contributed by atoms with Gasteiger partial charge in [-0.15, -0.1) is 10.2 Å². The molecule has 21 heavy (non-hydrogen) atoms. The zero-order valence-electron chi connectivity index (χ0n) is 11.5. The lowest BCUT2D eigenvalue weighted by atomic mass is 10.0. The molecule has 0 aliphatic carbocycles. The van der Waals surface area contributed by atoms with Crippen molar-refractivity contribution in [3.63, 3.8) is 0 Å². The van der Waals surface area contributed by atoms with Gasteiger partial charge < -0.3 is 10.3 Å². The number of hydrogen-bond acceptors (Lipinski definition) is 4. The number of nitrogens with two attached hydrogens (primary N) is 1. The highest BCUT2D eigenvalue weighted by atomic mass is 19.2. The van der Waals surface area contributed by atoms with Crippen molar-refractivity contribution < 1.29 is 8.78 Å². The molecule has 1 atom stereocenters. The van der Waals surface area contributed by atoms with Gasteiger partial charge in [0.15, 0.2) is 11.6 Å². The monoisotopic (exact) mass is 293 g/mol. The maximum absolute atomic E-state index is 13.7. The average Bonchev–Trinajstić information content (AvgIpc) is 2.95. The average molecular weight is 293 g/mol. The van der Waals surface area contributed by atoms with Gasteiger partial charge in [0.1, 0.15) is 12.2 Å². The largest absolute Gasteiger partial charge is 0.324 e. The number of nitrogens with zero attached hydrogens (tertiary/aromatic N) is 4. The maximum atomic E-state index is 13.7. The van der Waals surface area contributed by atoms with Crippen LogP contribution in [0.15, 0.2) is 24.5 Å². The van der Waals surface area contributed by atoms with Gasteiger partial charge in [0.25, 0.3) is 0 Å². The van der Waals surface area contributed by atoms with Crippen LogP contribution in [0.25, 0.3) is 0 Å². The minimum atomic E-state index is -0.853. The molecular weight excluding hydrogens is 276 g/mol. The van der Waals surface area contributed by atoms with Crippen LogP contribution in [0, 0.1) is 11.6 Å². The Morgan fingerprint density at radius 2 is 2.14 bits per heavy atom. The molecule has 0 spiro atoms. The molecule has 1 aliphatic rings. The molecule has 1 aliphatic heterocycles. The summed E-state index contributed by atoms with van der Waals surface area (Å²) in [4.78, 5) is 2.20. The second-order valence-corrected chi connectivity index (χ2v) is 5.25. The molecule has 1 aromatic carbocycles. The van der Waals surface area contributed by atoms with Crippen molar-refractivity contribution in [1.82, 2.24) is 19.7 Å². The van der Waals surface area contributed by atoms with Crippen LogP contribution in [0.2, 0.25) is 0 Å². The lowest BCUT2D eigenvalue weighted by Gasteiger charge is -2.27. The summed E-state index contributed by atoms with van der Waals surface area (Å²) >= 11 is 0. The van der Waals surface area contributed by atoms with Crippen molar-refractivity contribution in [3.05, 3.63) is 47.5 Å². The molecule has 3 rings (SSSR count). The topological polar surface area (TPSA) is 60.0 Å². The van der Waals surface area contributed by atoms with Crippen molar-refractivity contribution in [2.24, 2.45) is 5.73 Å². The van der Waals surface area contributed by atoms with Gasteiger partial charge in [0, 0.05) is 31.2 Å². The van der Waals surface area contributed by atoms with E-state index < -0.39 is 17.7 Å². The van der Waals surface area contributed by atoms with Gasteiger partial charge in [0.05, 0.1) is 6.54 Å². The predicted molar refractivity (Wildman–Crippen MR) is 73.2 cm³/mol. The first-order chi connectivity index (χ1) is 10.1. The third-order valence-electron chi connectivity index (χ3n) is 3.86. The molecule has 0 radical (unpaired) electrons. The molecule has 0 amide bonds. The molecule has 112 valence electrons. The molecule has 7 heteroatoms. The Labute approximate surface area is 121 Å². The number of halogens is 2. The summed E-state index contributed by atoms with van der Waals surface area (Å²) in [6.45, 7) is 3.14. The Bertz CT molecular complexity index is 628. The molecule has 0 fully saturated rings. The van der Waals surface area contributed by atoms with Gasteiger partial charge in [-0.25, -0.2) is 8.78 Å². The number of benzene rings is 1. The quantitative estimate of drug-likeness (QED) is 0.927. The third kappa shape index (κ3) is 2.93. The van der Waals surface area contributed by atoms with Gasteiger partial charge in [-0.2, -0.15) is 0 Å². The first kappa shape index (κ1) is 14.1. The normalized spacial score (nSPS) is 16.7. The van der Waals surface area contributed by atoms with Crippen LogP contribution >= 0.6 is 0 Å². The van der Waals surface area contributed by atoms with Crippen LogP contribution in [-0.4, -0.2) is 32.8 Å². The summed E-state index contributed by atoms with van der Waals surface area (Å²) in [6.07, 6.45) is 2.29. The molecule has 1 unspecified atom stereocenters. The molecule has 0 saturated heterocycles. The number of rotatable bonds is 4. The van der Waals surface area contributed by atoms with Crippen LogP contribution in [0.4, 0.5) is 8.78 Å². The van der Waals surface area contributed by atoms with Crippen molar-refractivity contribution in [3.8, 4) is 0 Å². The first-order valence-corrected chi connectivity index (χ1v) is 6.93. The molecule has 2 aromatic rings. The summed E-state index contributed by atoms with van der Waals surface area (Å²) in [5.74, 6) is -0.774. The van der Waals surface area contributed by atoms with E-state index in [4.69, 9.17) is 5.73 Å². The Morgan fingerprint density at radius 1 is 1.29 bits per heavy atom. The third-order valence-corrected chi connectivity index (χ3v) is 3.86. The lowest BCUT2D eigenvalue weighted by Crippen LogP contribution is -2.35. The van der Waals surface area contributed by atoms with E-state index in [2.05, 4.69) is 15.1 Å². The molecule has 2 N–H and O–H groups in total. The molecule has 1 aromatic heterocycles. The van der Waals surface area contributed by atoms with Crippen molar-refractivity contribution in [2.75, 3.05) is 13.1 Å². The minimum Gasteiger partial charge on any atom is -0.324 e. The van der Waals surface area contributed by atoms with E-state index in [1.54, 1.807) is 6.33 Å². The summed E-state index contributed by atoms with van der Waals surface area (Å²) in [7, 11) is 0. The zero-order chi connectivity index (χ0) is 14.8. The fourth-order valence-corrected chi connectivity index (χ4v) is 2.59. The molecule has 0 bridgehead atoms. The Morgan fingerprint density at radius 3 is 3.00 bits per heavy atom. The van der Waals surface area contributed by atoms with Crippen LogP contribution in [0.3, 0.4) is 0 Å². The standard InChI is InChI=1S/C14H17F2N5/c15-11-3-1-2-10(14(11)16)12(17)4-5-20-6-7-21-9-18-19-13(21)8-20/h1-3,9,12H,4-8,17H2. The van der Waals surface area contributed by atoms with E-state index in [1.165, 1.54) is 12.1 Å². The van der Waals surface area contributed by atoms with Gasteiger partial charge >= 0.3 is 0 Å². The van der Waals surface area contributed by atoms with E-state index in [0.717, 1.165) is 25.0 Å². The number of fused-ring (bicyclic) bond motifs is 1. The summed E-state index contributed by atoms with van der Waals surface area (Å²) < 4.78 is 28.9. The second-order valence-electron chi connectivity index (χ2n) is 5.25. The predicted octanol–water partition coefficient (Wildman–Crippen LogP) is 1.46. The Kier molecular flexibility index (Phi) is 3.94. The van der Waals surface area contributed by atoms with E-state index in [0.29, 0.717) is 19.5 Å². The first-order valence-electron chi connectivity index (χ1n) is 6.93. The SMILES string of the molecule is NC(CCN1CCn2cnnc2C1)c1cccc(F)c1F. The van der Waals surface area contributed by atoms with Crippen molar-refractivity contribution in [1.29, 1.82) is 0 Å². The zero-order valence-corrected chi connectivity index (χ0v) is 11.5. The van der Waals surface area contributed by atoms with Crippen LogP contribution < -0.4 is 5.73 Å². The van der Waals surface area contributed by atoms with Crippen LogP contribution in [0.1, 0.15) is 23.9 Å². The van der Waals surface area contributed by atoms with Gasteiger partial charge in [-0.05, 0) is 12.5 Å². The molecule has 2 heterocycles. The van der Waals surface area contributed by atoms with E-state index >= 15 is 0 Å². The number of aromatic nitrogens is 3. The fourth-order valence-electron chi connectivity index (χ4n) is 2.59.